The predicted octanol–water partition coefficient (Wildman–Crippen LogP) is 2.76. The minimum Gasteiger partial charge on any atom is -0.298 e. The molecule has 0 saturated heterocycles. The number of nitro benzene ring substituents is 1. The molecule has 5 heteroatoms. The number of allylic oxidation sites excluding steroid dienone is 1. The molecule has 4 nitrogen and oxygen atoms in total. The molecule has 0 bridgehead atoms. The van der Waals surface area contributed by atoms with E-state index in [1.165, 1.54) is 19.1 Å². The monoisotopic (exact) mass is 225 g/mol. The Morgan fingerprint density at radius 1 is 1.47 bits per heavy atom. The van der Waals surface area contributed by atoms with Gasteiger partial charge >= 0.3 is 0 Å². The Balaban J connectivity index is 3.38. The Morgan fingerprint density at radius 2 is 2.07 bits per heavy atom. The van der Waals surface area contributed by atoms with Crippen LogP contribution in [-0.2, 0) is 4.79 Å². The molecule has 0 aliphatic rings. The van der Waals surface area contributed by atoms with Crippen LogP contribution in [0.5, 0.6) is 0 Å². The van der Waals surface area contributed by atoms with Gasteiger partial charge < -0.3 is 0 Å². The van der Waals surface area contributed by atoms with Crippen molar-refractivity contribution in [1.29, 1.82) is 0 Å². The number of hydrogen-bond donors (Lipinski definition) is 0. The molecule has 15 heavy (non-hydrogen) atoms. The molecule has 0 aromatic heterocycles. The van der Waals surface area contributed by atoms with Gasteiger partial charge in [-0.2, -0.15) is 0 Å². The smallest absolute Gasteiger partial charge is 0.278 e. The fourth-order valence-electron chi connectivity index (χ4n) is 1.08. The average Bonchev–Trinajstić information content (AvgIpc) is 2.27. The van der Waals surface area contributed by atoms with Gasteiger partial charge in [-0.3, -0.25) is 14.9 Å². The summed E-state index contributed by atoms with van der Waals surface area (Å²) in [5.41, 5.74) is 0.420. The first-order chi connectivity index (χ1) is 7.07. The fraction of sp³-hybridized carbons (Fsp3) is 0.100. The lowest BCUT2D eigenvalue weighted by Gasteiger charge is -2.01. The molecular weight excluding hydrogens is 218 g/mol. The molecule has 0 heterocycles. The van der Waals surface area contributed by atoms with Gasteiger partial charge in [0.05, 0.1) is 15.5 Å². The van der Waals surface area contributed by atoms with E-state index in [2.05, 4.69) is 0 Å². The summed E-state index contributed by atoms with van der Waals surface area (Å²) in [7, 11) is 0. The van der Waals surface area contributed by atoms with Gasteiger partial charge in [0.2, 0.25) is 0 Å². The minimum atomic E-state index is -0.532. The van der Waals surface area contributed by atoms with Gasteiger partial charge in [-0.25, -0.2) is 0 Å². The molecule has 0 saturated carbocycles. The van der Waals surface area contributed by atoms with Crippen LogP contribution in [0.15, 0.2) is 29.8 Å². The Kier molecular flexibility index (Phi) is 3.57. The maximum Gasteiger partial charge on any atom is 0.278 e. The number of aldehydes is 1. The number of nitro groups is 1. The summed E-state index contributed by atoms with van der Waals surface area (Å²) in [6.45, 7) is 1.51. The lowest BCUT2D eigenvalue weighted by atomic mass is 10.1. The van der Waals surface area contributed by atoms with E-state index in [1.807, 2.05) is 0 Å². The lowest BCUT2D eigenvalue weighted by Crippen LogP contribution is -1.94. The van der Waals surface area contributed by atoms with Crippen molar-refractivity contribution in [2.24, 2.45) is 0 Å². The molecule has 0 radical (unpaired) electrons. The summed E-state index contributed by atoms with van der Waals surface area (Å²) in [5, 5.41) is 10.8. The number of hydrogen-bond acceptors (Lipinski definition) is 3. The largest absolute Gasteiger partial charge is 0.298 e. The molecule has 0 unspecified atom stereocenters. The van der Waals surface area contributed by atoms with Crippen LogP contribution in [0.2, 0.25) is 0 Å². The van der Waals surface area contributed by atoms with E-state index in [1.54, 1.807) is 12.1 Å². The molecule has 0 aliphatic carbocycles. The molecule has 78 valence electrons. The second kappa shape index (κ2) is 4.70. The number of carbonyl (C=O) groups excluding carboxylic acids is 1. The second-order valence-corrected chi connectivity index (χ2v) is 3.27. The molecule has 0 fully saturated rings. The van der Waals surface area contributed by atoms with Crippen molar-refractivity contribution < 1.29 is 9.72 Å². The summed E-state index contributed by atoms with van der Waals surface area (Å²) < 4.78 is 0. The second-order valence-electron chi connectivity index (χ2n) is 2.89. The first kappa shape index (κ1) is 11.4. The van der Waals surface area contributed by atoms with E-state index < -0.39 is 4.92 Å². The maximum atomic E-state index is 10.7. The van der Waals surface area contributed by atoms with E-state index in [0.29, 0.717) is 6.29 Å². The van der Waals surface area contributed by atoms with Crippen LogP contribution in [-0.4, -0.2) is 11.2 Å². The molecule has 0 spiro atoms. The highest BCUT2D eigenvalue weighted by molar-refractivity contribution is 6.50. The SMILES string of the molecule is C/C(C=O)=C(/Cl)c1ccccc1[N+](=O)[O-]. The highest BCUT2D eigenvalue weighted by atomic mass is 35.5. The normalized spacial score (nSPS) is 11.9. The summed E-state index contributed by atoms with van der Waals surface area (Å²) in [4.78, 5) is 20.6. The van der Waals surface area contributed by atoms with Crippen molar-refractivity contribution in [3.05, 3.63) is 45.5 Å². The van der Waals surface area contributed by atoms with Crippen molar-refractivity contribution in [3.63, 3.8) is 0 Å². The third kappa shape index (κ3) is 2.41. The van der Waals surface area contributed by atoms with Crippen LogP contribution in [0.1, 0.15) is 12.5 Å². The summed E-state index contributed by atoms with van der Waals surface area (Å²) in [5.74, 6) is 0. The number of nitrogens with zero attached hydrogens (tertiary/aromatic N) is 1. The third-order valence-corrected chi connectivity index (χ3v) is 2.36. The number of halogens is 1. The lowest BCUT2D eigenvalue weighted by molar-refractivity contribution is -0.385. The van der Waals surface area contributed by atoms with Gasteiger partial charge in [-0.15, -0.1) is 0 Å². The summed E-state index contributed by atoms with van der Waals surface area (Å²) in [6.07, 6.45) is 0.569. The molecular formula is C10H8ClNO3. The number of benzene rings is 1. The van der Waals surface area contributed by atoms with Gasteiger partial charge in [0, 0.05) is 11.6 Å². The minimum absolute atomic E-state index is 0.108. The Bertz CT molecular complexity index is 440. The topological polar surface area (TPSA) is 60.2 Å². The molecule has 0 N–H and O–H groups in total. The van der Waals surface area contributed by atoms with E-state index in [-0.39, 0.29) is 21.9 Å². The fourth-order valence-corrected chi connectivity index (χ4v) is 1.29. The zero-order valence-electron chi connectivity index (χ0n) is 7.94. The Morgan fingerprint density at radius 3 is 2.60 bits per heavy atom. The Labute approximate surface area is 91.3 Å². The van der Waals surface area contributed by atoms with Gasteiger partial charge in [-0.1, -0.05) is 23.7 Å². The molecule has 0 aliphatic heterocycles. The van der Waals surface area contributed by atoms with E-state index >= 15 is 0 Å². The average molecular weight is 226 g/mol. The highest BCUT2D eigenvalue weighted by Gasteiger charge is 2.16. The number of rotatable bonds is 3. The number of carbonyl (C=O) groups is 1. The van der Waals surface area contributed by atoms with E-state index in [4.69, 9.17) is 11.6 Å². The molecule has 1 rings (SSSR count). The van der Waals surface area contributed by atoms with Crippen LogP contribution in [0.4, 0.5) is 5.69 Å². The van der Waals surface area contributed by atoms with Gasteiger partial charge in [-0.05, 0) is 13.0 Å². The third-order valence-electron chi connectivity index (χ3n) is 1.86. The van der Waals surface area contributed by atoms with Crippen molar-refractivity contribution in [2.75, 3.05) is 0 Å². The van der Waals surface area contributed by atoms with Crippen LogP contribution in [0, 0.1) is 10.1 Å². The molecule has 0 atom stereocenters. The quantitative estimate of drug-likeness (QED) is 0.344. The van der Waals surface area contributed by atoms with Crippen molar-refractivity contribution in [2.45, 2.75) is 6.92 Å². The number of para-hydroxylation sites is 1. The summed E-state index contributed by atoms with van der Waals surface area (Å²) in [6, 6.07) is 6.02. The zero-order valence-corrected chi connectivity index (χ0v) is 8.69. The van der Waals surface area contributed by atoms with E-state index in [0.717, 1.165) is 0 Å². The first-order valence-electron chi connectivity index (χ1n) is 4.13. The zero-order chi connectivity index (χ0) is 11.4. The van der Waals surface area contributed by atoms with Gasteiger partial charge in [0.1, 0.15) is 6.29 Å². The van der Waals surface area contributed by atoms with Crippen molar-refractivity contribution in [3.8, 4) is 0 Å². The molecule has 1 aromatic carbocycles. The molecule has 1 aromatic rings. The van der Waals surface area contributed by atoms with Crippen LogP contribution in [0.3, 0.4) is 0 Å². The molecule has 0 amide bonds. The van der Waals surface area contributed by atoms with Gasteiger partial charge in [0.15, 0.2) is 0 Å². The van der Waals surface area contributed by atoms with Crippen LogP contribution in [0.25, 0.3) is 5.03 Å². The highest BCUT2D eigenvalue weighted by Crippen LogP contribution is 2.30. The first-order valence-corrected chi connectivity index (χ1v) is 4.51. The standard InChI is InChI=1S/C10H8ClNO3/c1-7(6-13)10(11)8-4-2-3-5-9(8)12(14)15/h2-6H,1H3/b10-7-. The van der Waals surface area contributed by atoms with E-state index in [9.17, 15) is 14.9 Å². The van der Waals surface area contributed by atoms with Crippen LogP contribution < -0.4 is 0 Å². The van der Waals surface area contributed by atoms with Crippen LogP contribution >= 0.6 is 11.6 Å². The summed E-state index contributed by atoms with van der Waals surface area (Å²) >= 11 is 5.85. The Hall–Kier alpha value is -1.68. The predicted molar refractivity (Wildman–Crippen MR) is 57.6 cm³/mol. The maximum absolute atomic E-state index is 10.7. The van der Waals surface area contributed by atoms with Crippen molar-refractivity contribution >= 4 is 28.6 Å². The van der Waals surface area contributed by atoms with Crippen molar-refractivity contribution in [1.82, 2.24) is 0 Å². The van der Waals surface area contributed by atoms with Gasteiger partial charge in [0.25, 0.3) is 5.69 Å².